The summed E-state index contributed by atoms with van der Waals surface area (Å²) < 4.78 is 36.2. The van der Waals surface area contributed by atoms with Crippen LogP contribution in [0.1, 0.15) is 36.8 Å². The molecule has 3 aromatic rings. The Morgan fingerprint density at radius 1 is 1.22 bits per heavy atom. The second-order valence-corrected chi connectivity index (χ2v) is 11.3. The van der Waals surface area contributed by atoms with Crippen molar-refractivity contribution in [2.45, 2.75) is 44.7 Å². The molecule has 0 saturated heterocycles. The summed E-state index contributed by atoms with van der Waals surface area (Å²) in [6.45, 7) is 7.08. The van der Waals surface area contributed by atoms with Crippen molar-refractivity contribution in [1.82, 2.24) is 14.2 Å². The average Bonchev–Trinajstić information content (AvgIpc) is 3.07. The average molecular weight is 514 g/mol. The van der Waals surface area contributed by atoms with Gasteiger partial charge in [-0.1, -0.05) is 12.1 Å². The fourth-order valence-corrected chi connectivity index (χ4v) is 4.73. The highest BCUT2D eigenvalue weighted by atomic mass is 32.2. The molecule has 0 fully saturated rings. The monoisotopic (exact) mass is 513 g/mol. The van der Waals surface area contributed by atoms with Gasteiger partial charge in [0.2, 0.25) is 0 Å². The van der Waals surface area contributed by atoms with Crippen molar-refractivity contribution < 1.29 is 23.3 Å². The second-order valence-electron chi connectivity index (χ2n) is 9.56. The van der Waals surface area contributed by atoms with Crippen LogP contribution in [0, 0.1) is 6.92 Å². The number of hydrogen-bond acceptors (Lipinski definition) is 5. The third-order valence-electron chi connectivity index (χ3n) is 5.42. The lowest BCUT2D eigenvalue weighted by atomic mass is 10.0. The molecule has 0 aliphatic heterocycles. The van der Waals surface area contributed by atoms with E-state index in [4.69, 9.17) is 4.74 Å². The number of carbonyl (C=O) groups excluding carboxylic acids is 2. The number of benzene rings is 2. The molecule has 36 heavy (non-hydrogen) atoms. The van der Waals surface area contributed by atoms with E-state index in [1.165, 1.54) is 6.08 Å². The Hall–Kier alpha value is -3.14. The van der Waals surface area contributed by atoms with Crippen LogP contribution in [-0.4, -0.2) is 52.0 Å². The number of alkyl carbamates (subject to hydrolysis) is 1. The quantitative estimate of drug-likeness (QED) is 0.322. The molecule has 1 heterocycles. The van der Waals surface area contributed by atoms with Gasteiger partial charge in [-0.15, -0.1) is 4.31 Å². The summed E-state index contributed by atoms with van der Waals surface area (Å²) in [6.07, 6.45) is 1.46. The summed E-state index contributed by atoms with van der Waals surface area (Å²) >= 11 is -1.33. The molecule has 1 unspecified atom stereocenters. The molecular weight excluding hydrogens is 481 g/mol. The van der Waals surface area contributed by atoms with Gasteiger partial charge in [-0.2, -0.15) is 0 Å². The number of halogens is 1. The molecule has 7 nitrogen and oxygen atoms in total. The first kappa shape index (κ1) is 27.4. The predicted octanol–water partition coefficient (Wildman–Crippen LogP) is 5.39. The van der Waals surface area contributed by atoms with Crippen molar-refractivity contribution in [3.63, 3.8) is 0 Å². The minimum Gasteiger partial charge on any atom is -0.593 e. The molecule has 1 atom stereocenters. The molecule has 0 aliphatic carbocycles. The first-order chi connectivity index (χ1) is 16.9. The number of fused-ring (bicyclic) bond motifs is 1. The zero-order valence-electron chi connectivity index (χ0n) is 21.4. The lowest BCUT2D eigenvalue weighted by Crippen LogP contribution is -2.32. The molecule has 0 spiro atoms. The molecule has 1 amide bonds. The lowest BCUT2D eigenvalue weighted by molar-refractivity contribution is 0.0533. The third kappa shape index (κ3) is 6.54. The highest BCUT2D eigenvalue weighted by Gasteiger charge is 2.21. The van der Waals surface area contributed by atoms with Gasteiger partial charge in [0.05, 0.1) is 17.9 Å². The van der Waals surface area contributed by atoms with Crippen molar-refractivity contribution in [2.75, 3.05) is 20.6 Å². The van der Waals surface area contributed by atoms with Gasteiger partial charge in [0.1, 0.15) is 17.7 Å². The summed E-state index contributed by atoms with van der Waals surface area (Å²) in [5.74, 6) is -0.431. The Morgan fingerprint density at radius 2 is 1.94 bits per heavy atom. The molecule has 0 bridgehead atoms. The highest BCUT2D eigenvalue weighted by Crippen LogP contribution is 2.36. The van der Waals surface area contributed by atoms with Crippen molar-refractivity contribution in [3.05, 3.63) is 65.6 Å². The van der Waals surface area contributed by atoms with Gasteiger partial charge in [0, 0.05) is 54.4 Å². The molecule has 192 valence electrons. The van der Waals surface area contributed by atoms with Crippen LogP contribution in [-0.2, 0) is 22.6 Å². The Bertz CT molecular complexity index is 1290. The van der Waals surface area contributed by atoms with Crippen LogP contribution >= 0.6 is 0 Å². The maximum absolute atomic E-state index is 14.9. The van der Waals surface area contributed by atoms with E-state index in [0.29, 0.717) is 10.5 Å². The fraction of sp³-hybridized carbons (Fsp3) is 0.333. The van der Waals surface area contributed by atoms with Crippen molar-refractivity contribution >= 4 is 34.6 Å². The Balaban J connectivity index is 1.97. The third-order valence-corrected chi connectivity index (χ3v) is 6.74. The fourth-order valence-electron chi connectivity index (χ4n) is 3.89. The molecule has 3 rings (SSSR count). The van der Waals surface area contributed by atoms with Crippen LogP contribution in [0.5, 0.6) is 0 Å². The van der Waals surface area contributed by atoms with Gasteiger partial charge < -0.3 is 19.2 Å². The van der Waals surface area contributed by atoms with E-state index in [1.54, 1.807) is 63.4 Å². The number of aldehydes is 1. The first-order valence-corrected chi connectivity index (χ1v) is 12.6. The number of amides is 1. The van der Waals surface area contributed by atoms with Crippen LogP contribution in [0.15, 0.2) is 59.3 Å². The van der Waals surface area contributed by atoms with Crippen molar-refractivity contribution in [1.29, 1.82) is 0 Å². The van der Waals surface area contributed by atoms with E-state index in [2.05, 4.69) is 5.32 Å². The zero-order chi connectivity index (χ0) is 26.6. The summed E-state index contributed by atoms with van der Waals surface area (Å²) in [6, 6.07) is 12.7. The highest BCUT2D eigenvalue weighted by molar-refractivity contribution is 7.89. The van der Waals surface area contributed by atoms with E-state index in [-0.39, 0.29) is 13.1 Å². The van der Waals surface area contributed by atoms with Gasteiger partial charge in [-0.05, 0) is 63.6 Å². The van der Waals surface area contributed by atoms with Crippen LogP contribution in [0.25, 0.3) is 22.0 Å². The van der Waals surface area contributed by atoms with Gasteiger partial charge in [0.25, 0.3) is 0 Å². The predicted molar refractivity (Wildman–Crippen MR) is 141 cm³/mol. The van der Waals surface area contributed by atoms with Crippen LogP contribution in [0.3, 0.4) is 0 Å². The van der Waals surface area contributed by atoms with E-state index in [9.17, 15) is 18.5 Å². The molecule has 1 N–H and O–H groups in total. The number of carbonyl (C=O) groups is 2. The zero-order valence-corrected chi connectivity index (χ0v) is 22.2. The normalized spacial score (nSPS) is 13.2. The van der Waals surface area contributed by atoms with Crippen molar-refractivity contribution in [2.24, 2.45) is 0 Å². The standard InChI is InChI=1S/C27H32FN3O4S/c1-18-25(20-8-7-9-22(15-20)36(34)30(5)6)23-14-19(17-32)10-11-24(23)31(18)16-21(28)12-13-29-26(33)35-27(2,3)4/h7-12,14-15,17H,13,16H2,1-6H3,(H,29,33)/b21-12-. The number of aromatic nitrogens is 1. The molecular formula is C27H32FN3O4S. The van der Waals surface area contributed by atoms with E-state index in [1.807, 2.05) is 29.7 Å². The minimum absolute atomic E-state index is 0.0143. The van der Waals surface area contributed by atoms with Gasteiger partial charge in [0.15, 0.2) is 4.90 Å². The van der Waals surface area contributed by atoms with Crippen LogP contribution < -0.4 is 5.32 Å². The first-order valence-electron chi connectivity index (χ1n) is 11.5. The Kier molecular flexibility index (Phi) is 8.60. The Labute approximate surface area is 214 Å². The molecule has 1 aromatic heterocycles. The lowest BCUT2D eigenvalue weighted by Gasteiger charge is -2.19. The minimum atomic E-state index is -1.33. The molecule has 9 heteroatoms. The maximum Gasteiger partial charge on any atom is 0.407 e. The number of allylic oxidation sites excluding steroid dienone is 1. The summed E-state index contributed by atoms with van der Waals surface area (Å²) in [5, 5.41) is 3.32. The second kappa shape index (κ2) is 11.3. The summed E-state index contributed by atoms with van der Waals surface area (Å²) in [5.41, 5.74) is 3.08. The Morgan fingerprint density at radius 3 is 2.58 bits per heavy atom. The number of hydrogen-bond donors (Lipinski definition) is 1. The molecule has 0 radical (unpaired) electrons. The van der Waals surface area contributed by atoms with Gasteiger partial charge >= 0.3 is 6.09 Å². The summed E-state index contributed by atoms with van der Waals surface area (Å²) in [7, 11) is 3.48. The van der Waals surface area contributed by atoms with E-state index >= 15 is 0 Å². The number of nitrogens with one attached hydrogen (secondary N) is 1. The SMILES string of the molecule is Cc1c(-c2cccc([S+]([O-])N(C)C)c2)c2cc(C=O)ccc2n1C/C(F)=C/CNC(=O)OC(C)(C)C. The van der Waals surface area contributed by atoms with Crippen LogP contribution in [0.2, 0.25) is 0 Å². The smallest absolute Gasteiger partial charge is 0.407 e. The molecule has 2 aromatic carbocycles. The number of nitrogens with zero attached hydrogens (tertiary/aromatic N) is 2. The van der Waals surface area contributed by atoms with E-state index in [0.717, 1.165) is 34.0 Å². The number of rotatable bonds is 8. The molecule has 0 aliphatic rings. The molecule has 0 saturated carbocycles. The number of ether oxygens (including phenoxy) is 1. The topological polar surface area (TPSA) is 86.6 Å². The largest absolute Gasteiger partial charge is 0.593 e. The summed E-state index contributed by atoms with van der Waals surface area (Å²) in [4.78, 5) is 23.9. The van der Waals surface area contributed by atoms with Crippen molar-refractivity contribution in [3.8, 4) is 11.1 Å². The maximum atomic E-state index is 14.9. The van der Waals surface area contributed by atoms with Gasteiger partial charge in [-0.25, -0.2) is 9.18 Å². The van der Waals surface area contributed by atoms with Crippen LogP contribution in [0.4, 0.5) is 9.18 Å². The van der Waals surface area contributed by atoms with E-state index < -0.39 is 28.9 Å². The van der Waals surface area contributed by atoms with Gasteiger partial charge in [-0.3, -0.25) is 4.79 Å².